The number of aryl methyl sites for hydroxylation is 1. The van der Waals surface area contributed by atoms with Crippen LogP contribution in [0.25, 0.3) is 0 Å². The molecule has 0 amide bonds. The zero-order chi connectivity index (χ0) is 12.5. The smallest absolute Gasteiger partial charge is 0.167 e. The standard InChI is InChI=1S/C16H21NO/c1-2-3-11-4-6-12(7-5-11)16(18)14-10-13-8-9-15(14)17-13/h4-7,13-15,17H,2-3,8-10H2,1H3. The fourth-order valence-electron chi connectivity index (χ4n) is 3.45. The molecule has 18 heavy (non-hydrogen) atoms. The Morgan fingerprint density at radius 2 is 2.06 bits per heavy atom. The van der Waals surface area contributed by atoms with Crippen LogP contribution >= 0.6 is 0 Å². The van der Waals surface area contributed by atoms with Crippen molar-refractivity contribution in [2.45, 2.75) is 51.1 Å². The van der Waals surface area contributed by atoms with Crippen LogP contribution in [0.1, 0.15) is 48.5 Å². The molecule has 3 rings (SSSR count). The first-order valence-electron chi connectivity index (χ1n) is 7.17. The fourth-order valence-corrected chi connectivity index (χ4v) is 3.45. The van der Waals surface area contributed by atoms with Gasteiger partial charge in [0.2, 0.25) is 0 Å². The molecule has 0 aromatic heterocycles. The zero-order valence-electron chi connectivity index (χ0n) is 11.0. The quantitative estimate of drug-likeness (QED) is 0.824. The van der Waals surface area contributed by atoms with Crippen LogP contribution in [-0.4, -0.2) is 17.9 Å². The highest BCUT2D eigenvalue weighted by Crippen LogP contribution is 2.35. The van der Waals surface area contributed by atoms with Crippen LogP contribution in [0.4, 0.5) is 0 Å². The van der Waals surface area contributed by atoms with Gasteiger partial charge >= 0.3 is 0 Å². The Kier molecular flexibility index (Phi) is 3.21. The Hall–Kier alpha value is -1.15. The van der Waals surface area contributed by atoms with Gasteiger partial charge in [-0.05, 0) is 31.2 Å². The van der Waals surface area contributed by atoms with E-state index in [2.05, 4.69) is 24.4 Å². The second-order valence-electron chi connectivity index (χ2n) is 5.70. The van der Waals surface area contributed by atoms with Crippen LogP contribution in [0.5, 0.6) is 0 Å². The topological polar surface area (TPSA) is 29.1 Å². The number of rotatable bonds is 4. The SMILES string of the molecule is CCCc1ccc(C(=O)C2CC3CCC2N3)cc1. The Morgan fingerprint density at radius 3 is 2.61 bits per heavy atom. The normalized spacial score (nSPS) is 29.7. The molecule has 2 bridgehead atoms. The molecule has 0 radical (unpaired) electrons. The lowest BCUT2D eigenvalue weighted by atomic mass is 9.83. The van der Waals surface area contributed by atoms with E-state index in [-0.39, 0.29) is 5.92 Å². The first-order chi connectivity index (χ1) is 8.78. The lowest BCUT2D eigenvalue weighted by Crippen LogP contribution is -2.28. The number of carbonyl (C=O) groups excluding carboxylic acids is 1. The van der Waals surface area contributed by atoms with Crippen molar-refractivity contribution in [3.8, 4) is 0 Å². The summed E-state index contributed by atoms with van der Waals surface area (Å²) >= 11 is 0. The van der Waals surface area contributed by atoms with Gasteiger partial charge in [0.05, 0.1) is 0 Å². The zero-order valence-corrected chi connectivity index (χ0v) is 11.0. The van der Waals surface area contributed by atoms with E-state index >= 15 is 0 Å². The van der Waals surface area contributed by atoms with Crippen LogP contribution in [0.15, 0.2) is 24.3 Å². The highest BCUT2D eigenvalue weighted by atomic mass is 16.1. The van der Waals surface area contributed by atoms with E-state index in [1.807, 2.05) is 12.1 Å². The number of hydrogen-bond donors (Lipinski definition) is 1. The maximum absolute atomic E-state index is 12.5. The van der Waals surface area contributed by atoms with Crippen molar-refractivity contribution in [1.29, 1.82) is 0 Å². The molecular weight excluding hydrogens is 222 g/mol. The number of nitrogens with one attached hydrogen (secondary N) is 1. The van der Waals surface area contributed by atoms with E-state index < -0.39 is 0 Å². The Labute approximate surface area is 109 Å². The van der Waals surface area contributed by atoms with Gasteiger partial charge < -0.3 is 5.32 Å². The number of ketones is 1. The minimum absolute atomic E-state index is 0.223. The van der Waals surface area contributed by atoms with E-state index in [1.165, 1.54) is 18.4 Å². The minimum atomic E-state index is 0.223. The third-order valence-corrected chi connectivity index (χ3v) is 4.41. The molecule has 96 valence electrons. The number of hydrogen-bond acceptors (Lipinski definition) is 2. The molecule has 1 aromatic carbocycles. The Morgan fingerprint density at radius 1 is 1.28 bits per heavy atom. The van der Waals surface area contributed by atoms with Crippen molar-refractivity contribution in [2.75, 3.05) is 0 Å². The molecular formula is C16H21NO. The van der Waals surface area contributed by atoms with Crippen LogP contribution in [-0.2, 0) is 6.42 Å². The first-order valence-corrected chi connectivity index (χ1v) is 7.17. The van der Waals surface area contributed by atoms with Gasteiger partial charge in [0.1, 0.15) is 0 Å². The summed E-state index contributed by atoms with van der Waals surface area (Å²) in [6, 6.07) is 9.29. The predicted octanol–water partition coefficient (Wildman–Crippen LogP) is 2.96. The number of fused-ring (bicyclic) bond motifs is 2. The average molecular weight is 243 g/mol. The maximum atomic E-state index is 12.5. The van der Waals surface area contributed by atoms with Gasteiger partial charge in [-0.25, -0.2) is 0 Å². The third-order valence-electron chi connectivity index (χ3n) is 4.41. The summed E-state index contributed by atoms with van der Waals surface area (Å²) in [5, 5.41) is 3.54. The summed E-state index contributed by atoms with van der Waals surface area (Å²) in [7, 11) is 0. The summed E-state index contributed by atoms with van der Waals surface area (Å²) < 4.78 is 0. The molecule has 2 heteroatoms. The van der Waals surface area contributed by atoms with E-state index in [1.54, 1.807) is 0 Å². The molecule has 3 atom stereocenters. The monoisotopic (exact) mass is 243 g/mol. The van der Waals surface area contributed by atoms with Crippen molar-refractivity contribution in [2.24, 2.45) is 5.92 Å². The van der Waals surface area contributed by atoms with Crippen molar-refractivity contribution in [1.82, 2.24) is 5.32 Å². The molecule has 0 spiro atoms. The highest BCUT2D eigenvalue weighted by molar-refractivity contribution is 5.98. The lowest BCUT2D eigenvalue weighted by Gasteiger charge is -2.18. The lowest BCUT2D eigenvalue weighted by molar-refractivity contribution is 0.0901. The van der Waals surface area contributed by atoms with Crippen molar-refractivity contribution >= 4 is 5.78 Å². The van der Waals surface area contributed by atoms with E-state index in [0.717, 1.165) is 24.8 Å². The van der Waals surface area contributed by atoms with Gasteiger partial charge in [0.25, 0.3) is 0 Å². The van der Waals surface area contributed by atoms with Crippen LogP contribution in [0.3, 0.4) is 0 Å². The van der Waals surface area contributed by atoms with Crippen molar-refractivity contribution in [3.63, 3.8) is 0 Å². The number of carbonyl (C=O) groups is 1. The molecule has 1 aromatic rings. The van der Waals surface area contributed by atoms with Gasteiger partial charge in [-0.15, -0.1) is 0 Å². The second-order valence-corrected chi connectivity index (χ2v) is 5.70. The number of benzene rings is 1. The molecule has 2 aliphatic rings. The Bertz CT molecular complexity index is 437. The molecule has 2 aliphatic heterocycles. The van der Waals surface area contributed by atoms with Crippen LogP contribution in [0, 0.1) is 5.92 Å². The molecule has 2 nitrogen and oxygen atoms in total. The Balaban J connectivity index is 1.72. The van der Waals surface area contributed by atoms with E-state index in [0.29, 0.717) is 17.9 Å². The molecule has 2 fully saturated rings. The molecule has 3 unspecified atom stereocenters. The summed E-state index contributed by atoms with van der Waals surface area (Å²) in [4.78, 5) is 12.5. The summed E-state index contributed by atoms with van der Waals surface area (Å²) in [6.07, 6.45) is 5.73. The average Bonchev–Trinajstić information content (AvgIpc) is 3.01. The largest absolute Gasteiger partial charge is 0.310 e. The molecule has 2 saturated heterocycles. The van der Waals surface area contributed by atoms with Crippen LogP contribution in [0.2, 0.25) is 0 Å². The van der Waals surface area contributed by atoms with Crippen LogP contribution < -0.4 is 5.32 Å². The molecule has 2 heterocycles. The molecule has 1 N–H and O–H groups in total. The fraction of sp³-hybridized carbons (Fsp3) is 0.562. The first kappa shape index (κ1) is 11.9. The summed E-state index contributed by atoms with van der Waals surface area (Å²) in [6.45, 7) is 2.18. The van der Waals surface area contributed by atoms with Gasteiger partial charge in [0, 0.05) is 23.6 Å². The third kappa shape index (κ3) is 2.10. The molecule has 0 saturated carbocycles. The highest BCUT2D eigenvalue weighted by Gasteiger charge is 2.42. The van der Waals surface area contributed by atoms with Crippen molar-refractivity contribution in [3.05, 3.63) is 35.4 Å². The molecule has 0 aliphatic carbocycles. The number of Topliss-reactive ketones (excluding diaryl/α,β-unsaturated/α-hetero) is 1. The summed E-state index contributed by atoms with van der Waals surface area (Å²) in [5.74, 6) is 0.568. The minimum Gasteiger partial charge on any atom is -0.310 e. The van der Waals surface area contributed by atoms with E-state index in [9.17, 15) is 4.79 Å². The van der Waals surface area contributed by atoms with Gasteiger partial charge in [-0.3, -0.25) is 4.79 Å². The van der Waals surface area contributed by atoms with Gasteiger partial charge in [0.15, 0.2) is 5.78 Å². The predicted molar refractivity (Wildman–Crippen MR) is 72.8 cm³/mol. The second kappa shape index (κ2) is 4.85. The van der Waals surface area contributed by atoms with Gasteiger partial charge in [-0.1, -0.05) is 37.6 Å². The van der Waals surface area contributed by atoms with Crippen molar-refractivity contribution < 1.29 is 4.79 Å². The maximum Gasteiger partial charge on any atom is 0.167 e. The van der Waals surface area contributed by atoms with E-state index in [4.69, 9.17) is 0 Å². The summed E-state index contributed by atoms with van der Waals surface area (Å²) in [5.41, 5.74) is 2.23. The van der Waals surface area contributed by atoms with Gasteiger partial charge in [-0.2, -0.15) is 0 Å².